The molecule has 0 aliphatic rings. The number of benzene rings is 3. The topological polar surface area (TPSA) is 111 Å². The summed E-state index contributed by atoms with van der Waals surface area (Å²) in [7, 11) is 5.92. The van der Waals surface area contributed by atoms with Crippen molar-refractivity contribution in [1.29, 1.82) is 0 Å². The van der Waals surface area contributed by atoms with Crippen LogP contribution in [0.2, 0.25) is 0 Å². The van der Waals surface area contributed by atoms with Crippen molar-refractivity contribution in [3.05, 3.63) is 77.4 Å². The van der Waals surface area contributed by atoms with Gasteiger partial charge in [0, 0.05) is 5.56 Å². The summed E-state index contributed by atoms with van der Waals surface area (Å²) < 4.78 is 27.7. The summed E-state index contributed by atoms with van der Waals surface area (Å²) in [5.41, 5.74) is 1.52. The summed E-state index contributed by atoms with van der Waals surface area (Å²) in [5, 5.41) is 26.7. The Labute approximate surface area is 197 Å². The Morgan fingerprint density at radius 2 is 1.29 bits per heavy atom. The molecule has 178 valence electrons. The number of hydrogen-bond acceptors (Lipinski definition) is 9. The molecule has 9 nitrogen and oxygen atoms in total. The highest BCUT2D eigenvalue weighted by Gasteiger charge is 2.25. The van der Waals surface area contributed by atoms with E-state index in [0.717, 1.165) is 5.56 Å². The number of rotatable bonds is 10. The van der Waals surface area contributed by atoms with Crippen LogP contribution in [-0.2, 0) is 6.61 Å². The minimum absolute atomic E-state index is 0.0560. The second-order valence-electron chi connectivity index (χ2n) is 6.92. The lowest BCUT2D eigenvalue weighted by Crippen LogP contribution is -2.19. The molecule has 0 aliphatic carbocycles. The number of ether oxygens (including phenoxy) is 5. The summed E-state index contributed by atoms with van der Waals surface area (Å²) in [6.07, 6.45) is 0. The van der Waals surface area contributed by atoms with Gasteiger partial charge in [-0.3, -0.25) is 0 Å². The lowest BCUT2D eigenvalue weighted by atomic mass is 9.98. The lowest BCUT2D eigenvalue weighted by Gasteiger charge is -2.18. The van der Waals surface area contributed by atoms with E-state index in [2.05, 4.69) is 10.3 Å². The first-order chi connectivity index (χ1) is 16.6. The van der Waals surface area contributed by atoms with Crippen LogP contribution in [0, 0.1) is 0 Å². The maximum atomic E-state index is 9.98. The molecular weight excluding hydrogens is 440 g/mol. The van der Waals surface area contributed by atoms with Gasteiger partial charge in [0.15, 0.2) is 23.0 Å². The molecule has 0 spiro atoms. The third kappa shape index (κ3) is 4.98. The second-order valence-corrected chi connectivity index (χ2v) is 6.92. The van der Waals surface area contributed by atoms with Crippen LogP contribution in [0.25, 0.3) is 0 Å². The van der Waals surface area contributed by atoms with E-state index in [9.17, 15) is 10.4 Å². The van der Waals surface area contributed by atoms with E-state index in [-0.39, 0.29) is 18.0 Å². The highest BCUT2D eigenvalue weighted by Crippen LogP contribution is 2.39. The van der Waals surface area contributed by atoms with Crippen molar-refractivity contribution in [1.82, 2.24) is 0 Å². The van der Waals surface area contributed by atoms with E-state index in [0.29, 0.717) is 39.9 Å². The van der Waals surface area contributed by atoms with E-state index < -0.39 is 0 Å². The summed E-state index contributed by atoms with van der Waals surface area (Å²) in [4.78, 5) is 0. The zero-order valence-corrected chi connectivity index (χ0v) is 19.3. The summed E-state index contributed by atoms with van der Waals surface area (Å²) >= 11 is 0. The zero-order valence-electron chi connectivity index (χ0n) is 19.3. The maximum absolute atomic E-state index is 9.98. The van der Waals surface area contributed by atoms with Gasteiger partial charge in [0.05, 0.1) is 34.0 Å². The standard InChI is InChI=1S/C25H26N2O7/c1-30-19-12-8-11-18(24(19)34-15-16-9-6-5-7-10-16)23(27-29)22(26-28)17-13-20(31-2)25(33-4)21(14-17)32-3/h5-14,28-29H,15H2,1-4H3/b26-22+,27-23+. The number of hydrogen-bond donors (Lipinski definition) is 2. The number of nitrogens with zero attached hydrogens (tertiary/aromatic N) is 2. The third-order valence-corrected chi connectivity index (χ3v) is 5.04. The van der Waals surface area contributed by atoms with Crippen LogP contribution in [-0.4, -0.2) is 50.3 Å². The van der Waals surface area contributed by atoms with Crippen molar-refractivity contribution in [2.45, 2.75) is 6.61 Å². The predicted octanol–water partition coefficient (Wildman–Crippen LogP) is 4.36. The van der Waals surface area contributed by atoms with Crippen LogP contribution >= 0.6 is 0 Å². The van der Waals surface area contributed by atoms with Crippen LogP contribution in [0.1, 0.15) is 16.7 Å². The van der Waals surface area contributed by atoms with Crippen molar-refractivity contribution < 1.29 is 34.1 Å². The van der Waals surface area contributed by atoms with Gasteiger partial charge in [0.1, 0.15) is 18.0 Å². The van der Waals surface area contributed by atoms with Crippen LogP contribution < -0.4 is 23.7 Å². The minimum atomic E-state index is -0.0567. The number of oxime groups is 2. The first kappa shape index (κ1) is 24.2. The fraction of sp³-hybridized carbons (Fsp3) is 0.200. The molecule has 0 amide bonds. The van der Waals surface area contributed by atoms with Crippen molar-refractivity contribution in [2.24, 2.45) is 10.3 Å². The Morgan fingerprint density at radius 3 is 1.82 bits per heavy atom. The Hall–Kier alpha value is -4.40. The Morgan fingerprint density at radius 1 is 0.676 bits per heavy atom. The summed E-state index contributed by atoms with van der Waals surface area (Å²) in [5.74, 6) is 1.76. The van der Waals surface area contributed by atoms with Gasteiger partial charge < -0.3 is 34.1 Å². The Kier molecular flexibility index (Phi) is 8.17. The van der Waals surface area contributed by atoms with Gasteiger partial charge in [-0.2, -0.15) is 0 Å². The Balaban J connectivity index is 2.09. The fourth-order valence-electron chi connectivity index (χ4n) is 3.43. The molecule has 0 aromatic heterocycles. The molecule has 3 aromatic carbocycles. The molecule has 0 bridgehead atoms. The van der Waals surface area contributed by atoms with Crippen LogP contribution in [0.5, 0.6) is 28.7 Å². The molecule has 0 aliphatic heterocycles. The maximum Gasteiger partial charge on any atom is 0.203 e. The van der Waals surface area contributed by atoms with E-state index in [1.54, 1.807) is 30.3 Å². The van der Waals surface area contributed by atoms with Gasteiger partial charge in [-0.1, -0.05) is 46.7 Å². The first-order valence-corrected chi connectivity index (χ1v) is 10.2. The van der Waals surface area contributed by atoms with Gasteiger partial charge >= 0.3 is 0 Å². The second kappa shape index (κ2) is 11.5. The minimum Gasteiger partial charge on any atom is -0.493 e. The smallest absolute Gasteiger partial charge is 0.203 e. The largest absolute Gasteiger partial charge is 0.493 e. The molecule has 0 heterocycles. The van der Waals surface area contributed by atoms with Crippen molar-refractivity contribution in [2.75, 3.05) is 28.4 Å². The normalized spacial score (nSPS) is 11.6. The molecule has 0 fully saturated rings. The first-order valence-electron chi connectivity index (χ1n) is 10.2. The van der Waals surface area contributed by atoms with E-state index >= 15 is 0 Å². The van der Waals surface area contributed by atoms with E-state index in [4.69, 9.17) is 23.7 Å². The molecule has 0 unspecified atom stereocenters. The van der Waals surface area contributed by atoms with Crippen molar-refractivity contribution >= 4 is 11.4 Å². The molecule has 0 saturated heterocycles. The lowest BCUT2D eigenvalue weighted by molar-refractivity contribution is 0.283. The van der Waals surface area contributed by atoms with Crippen molar-refractivity contribution in [3.63, 3.8) is 0 Å². The van der Waals surface area contributed by atoms with Crippen molar-refractivity contribution in [3.8, 4) is 28.7 Å². The van der Waals surface area contributed by atoms with E-state index in [1.165, 1.54) is 28.4 Å². The third-order valence-electron chi connectivity index (χ3n) is 5.04. The fourth-order valence-corrected chi connectivity index (χ4v) is 3.43. The highest BCUT2D eigenvalue weighted by molar-refractivity contribution is 6.54. The average Bonchev–Trinajstić information content (AvgIpc) is 2.89. The average molecular weight is 466 g/mol. The highest BCUT2D eigenvalue weighted by atomic mass is 16.5. The van der Waals surface area contributed by atoms with Crippen LogP contribution in [0.3, 0.4) is 0 Å². The molecule has 0 atom stereocenters. The SMILES string of the molecule is COc1cc(C(=N\O)/C(=N/O)c2cccc(OC)c2OCc2ccccc2)cc(OC)c1OC. The monoisotopic (exact) mass is 466 g/mol. The molecule has 3 aromatic rings. The predicted molar refractivity (Wildman–Crippen MR) is 127 cm³/mol. The molecule has 3 rings (SSSR count). The molecule has 9 heteroatoms. The molecule has 34 heavy (non-hydrogen) atoms. The van der Waals surface area contributed by atoms with E-state index in [1.807, 2.05) is 30.3 Å². The van der Waals surface area contributed by atoms with Gasteiger partial charge in [-0.15, -0.1) is 0 Å². The van der Waals surface area contributed by atoms with Crippen LogP contribution in [0.4, 0.5) is 0 Å². The van der Waals surface area contributed by atoms with Crippen LogP contribution in [0.15, 0.2) is 71.0 Å². The Bertz CT molecular complexity index is 1150. The number of para-hydroxylation sites is 1. The van der Waals surface area contributed by atoms with Gasteiger partial charge in [-0.25, -0.2) is 0 Å². The van der Waals surface area contributed by atoms with Gasteiger partial charge in [-0.05, 0) is 29.8 Å². The molecular formula is C25H26N2O7. The van der Waals surface area contributed by atoms with Gasteiger partial charge in [0.25, 0.3) is 0 Å². The molecule has 2 N–H and O–H groups in total. The molecule has 0 radical (unpaired) electrons. The molecule has 0 saturated carbocycles. The number of methoxy groups -OCH3 is 4. The van der Waals surface area contributed by atoms with Gasteiger partial charge in [0.2, 0.25) is 5.75 Å². The quantitative estimate of drug-likeness (QED) is 0.259. The summed E-state index contributed by atoms with van der Waals surface area (Å²) in [6, 6.07) is 17.8. The zero-order chi connectivity index (χ0) is 24.5. The summed E-state index contributed by atoms with van der Waals surface area (Å²) in [6.45, 7) is 0.239.